The molecule has 0 saturated heterocycles. The number of ether oxygens (including phenoxy) is 1. The van der Waals surface area contributed by atoms with Crippen LogP contribution >= 0.6 is 23.2 Å². The largest absolute Gasteiger partial charge is 0.467 e. The molecule has 2 rings (SSSR count). The summed E-state index contributed by atoms with van der Waals surface area (Å²) in [5.74, 6) is -0.997. The Morgan fingerprint density at radius 3 is 2.26 bits per heavy atom. The Hall–Kier alpha value is -2.04. The number of esters is 1. The number of carbonyl (C=O) groups is 2. The number of hydrogen-bond donors (Lipinski definition) is 1. The Bertz CT molecular complexity index is 718. The molecule has 4 nitrogen and oxygen atoms in total. The SMILES string of the molecule is COC(=O)[C@@H](Cc1ccccc1Cl)NC(=O)c1ccccc1Cl. The molecule has 0 aromatic heterocycles. The van der Waals surface area contributed by atoms with Crippen molar-refractivity contribution >= 4 is 35.1 Å². The molecule has 6 heteroatoms. The Labute approximate surface area is 144 Å². The molecule has 0 unspecified atom stereocenters. The summed E-state index contributed by atoms with van der Waals surface area (Å²) in [6, 6.07) is 12.9. The number of methoxy groups -OCH3 is 1. The van der Waals surface area contributed by atoms with E-state index < -0.39 is 17.9 Å². The molecular formula is C17H15Cl2NO3. The van der Waals surface area contributed by atoms with Gasteiger partial charge in [0.15, 0.2) is 0 Å². The van der Waals surface area contributed by atoms with Crippen molar-refractivity contribution in [2.75, 3.05) is 7.11 Å². The molecule has 0 bridgehead atoms. The van der Waals surface area contributed by atoms with E-state index in [1.165, 1.54) is 7.11 Å². The Morgan fingerprint density at radius 1 is 1.04 bits per heavy atom. The second-order valence-corrected chi connectivity index (χ2v) is 5.64. The van der Waals surface area contributed by atoms with Crippen LogP contribution in [0.4, 0.5) is 0 Å². The summed E-state index contributed by atoms with van der Waals surface area (Å²) in [4.78, 5) is 24.3. The van der Waals surface area contributed by atoms with E-state index in [1.807, 2.05) is 6.07 Å². The van der Waals surface area contributed by atoms with Gasteiger partial charge >= 0.3 is 5.97 Å². The van der Waals surface area contributed by atoms with Crippen LogP contribution in [0.15, 0.2) is 48.5 Å². The van der Waals surface area contributed by atoms with Gasteiger partial charge in [-0.15, -0.1) is 0 Å². The van der Waals surface area contributed by atoms with Gasteiger partial charge in [-0.05, 0) is 23.8 Å². The lowest BCUT2D eigenvalue weighted by atomic mass is 10.1. The van der Waals surface area contributed by atoms with E-state index in [4.69, 9.17) is 27.9 Å². The van der Waals surface area contributed by atoms with Gasteiger partial charge < -0.3 is 10.1 Å². The second kappa shape index (κ2) is 7.99. The van der Waals surface area contributed by atoms with Crippen LogP contribution < -0.4 is 5.32 Å². The van der Waals surface area contributed by atoms with E-state index in [9.17, 15) is 9.59 Å². The lowest BCUT2D eigenvalue weighted by Crippen LogP contribution is -2.43. The Balaban J connectivity index is 2.20. The molecule has 120 valence electrons. The zero-order valence-electron chi connectivity index (χ0n) is 12.4. The van der Waals surface area contributed by atoms with Crippen LogP contribution in [0.1, 0.15) is 15.9 Å². The van der Waals surface area contributed by atoms with Crippen LogP contribution in [0.2, 0.25) is 10.0 Å². The summed E-state index contributed by atoms with van der Waals surface area (Å²) in [5, 5.41) is 3.48. The van der Waals surface area contributed by atoms with Gasteiger partial charge in [0.25, 0.3) is 5.91 Å². The van der Waals surface area contributed by atoms with Gasteiger partial charge in [0.2, 0.25) is 0 Å². The predicted molar refractivity (Wildman–Crippen MR) is 89.9 cm³/mol. The fraction of sp³-hybridized carbons (Fsp3) is 0.176. The van der Waals surface area contributed by atoms with Crippen LogP contribution in [0.5, 0.6) is 0 Å². The van der Waals surface area contributed by atoms with Gasteiger partial charge in [0.05, 0.1) is 17.7 Å². The number of rotatable bonds is 5. The minimum absolute atomic E-state index is 0.225. The summed E-state index contributed by atoms with van der Waals surface area (Å²) in [5.41, 5.74) is 1.03. The monoisotopic (exact) mass is 351 g/mol. The summed E-state index contributed by atoms with van der Waals surface area (Å²) in [7, 11) is 1.27. The molecule has 0 radical (unpaired) electrons. The molecule has 0 aliphatic heterocycles. The molecule has 0 heterocycles. The minimum atomic E-state index is -0.858. The van der Waals surface area contributed by atoms with Crippen molar-refractivity contribution in [2.45, 2.75) is 12.5 Å². The van der Waals surface area contributed by atoms with Gasteiger partial charge in [-0.2, -0.15) is 0 Å². The third-order valence-electron chi connectivity index (χ3n) is 3.29. The molecule has 0 spiro atoms. The molecule has 0 aliphatic carbocycles. The number of amides is 1. The van der Waals surface area contributed by atoms with Crippen molar-refractivity contribution in [2.24, 2.45) is 0 Å². The molecule has 2 aromatic carbocycles. The molecule has 2 aromatic rings. The fourth-order valence-electron chi connectivity index (χ4n) is 2.10. The lowest BCUT2D eigenvalue weighted by Gasteiger charge is -2.17. The zero-order valence-corrected chi connectivity index (χ0v) is 13.9. The van der Waals surface area contributed by atoms with Crippen LogP contribution in [0.3, 0.4) is 0 Å². The van der Waals surface area contributed by atoms with Crippen molar-refractivity contribution in [3.8, 4) is 0 Å². The second-order valence-electron chi connectivity index (χ2n) is 4.82. The first-order valence-electron chi connectivity index (χ1n) is 6.89. The van der Waals surface area contributed by atoms with E-state index >= 15 is 0 Å². The van der Waals surface area contributed by atoms with Crippen molar-refractivity contribution in [3.63, 3.8) is 0 Å². The van der Waals surface area contributed by atoms with E-state index in [2.05, 4.69) is 5.32 Å². The number of nitrogens with one attached hydrogen (secondary N) is 1. The van der Waals surface area contributed by atoms with Gasteiger partial charge in [0.1, 0.15) is 6.04 Å². The molecule has 1 amide bonds. The molecule has 23 heavy (non-hydrogen) atoms. The lowest BCUT2D eigenvalue weighted by molar-refractivity contribution is -0.142. The van der Waals surface area contributed by atoms with Crippen LogP contribution in [-0.4, -0.2) is 25.0 Å². The van der Waals surface area contributed by atoms with Crippen molar-refractivity contribution in [3.05, 3.63) is 69.7 Å². The maximum absolute atomic E-state index is 12.3. The highest BCUT2D eigenvalue weighted by molar-refractivity contribution is 6.33. The summed E-state index contributed by atoms with van der Waals surface area (Å²) < 4.78 is 4.76. The number of halogens is 2. The summed E-state index contributed by atoms with van der Waals surface area (Å²) in [6.45, 7) is 0. The van der Waals surface area contributed by atoms with Crippen molar-refractivity contribution in [1.29, 1.82) is 0 Å². The molecule has 0 aliphatic rings. The van der Waals surface area contributed by atoms with E-state index in [-0.39, 0.29) is 6.42 Å². The number of benzene rings is 2. The molecular weight excluding hydrogens is 337 g/mol. The van der Waals surface area contributed by atoms with E-state index in [0.29, 0.717) is 15.6 Å². The minimum Gasteiger partial charge on any atom is -0.467 e. The van der Waals surface area contributed by atoms with Crippen LogP contribution in [0.25, 0.3) is 0 Å². The van der Waals surface area contributed by atoms with Gasteiger partial charge in [-0.1, -0.05) is 53.5 Å². The first-order valence-corrected chi connectivity index (χ1v) is 7.65. The topological polar surface area (TPSA) is 55.4 Å². The first-order chi connectivity index (χ1) is 11.0. The van der Waals surface area contributed by atoms with Crippen molar-refractivity contribution in [1.82, 2.24) is 5.32 Å². The highest BCUT2D eigenvalue weighted by atomic mass is 35.5. The maximum atomic E-state index is 12.3. The molecule has 0 saturated carbocycles. The van der Waals surface area contributed by atoms with Crippen LogP contribution in [0, 0.1) is 0 Å². The molecule has 0 fully saturated rings. The highest BCUT2D eigenvalue weighted by Gasteiger charge is 2.24. The average molecular weight is 352 g/mol. The predicted octanol–water partition coefficient (Wildman–Crippen LogP) is 3.51. The summed E-state index contributed by atoms with van der Waals surface area (Å²) >= 11 is 12.1. The van der Waals surface area contributed by atoms with E-state index in [1.54, 1.807) is 42.5 Å². The third kappa shape index (κ3) is 4.47. The van der Waals surface area contributed by atoms with Crippen molar-refractivity contribution < 1.29 is 14.3 Å². The molecule has 1 atom stereocenters. The third-order valence-corrected chi connectivity index (χ3v) is 3.99. The molecule has 1 N–H and O–H groups in total. The average Bonchev–Trinajstić information content (AvgIpc) is 2.55. The number of hydrogen-bond acceptors (Lipinski definition) is 3. The normalized spacial score (nSPS) is 11.6. The zero-order chi connectivity index (χ0) is 16.8. The van der Waals surface area contributed by atoms with Gasteiger partial charge in [-0.25, -0.2) is 4.79 Å². The quantitative estimate of drug-likeness (QED) is 0.838. The Kier molecular flexibility index (Phi) is 6.02. The Morgan fingerprint density at radius 2 is 1.65 bits per heavy atom. The fourth-order valence-corrected chi connectivity index (χ4v) is 2.54. The number of carbonyl (C=O) groups excluding carboxylic acids is 2. The first kappa shape index (κ1) is 17.3. The highest BCUT2D eigenvalue weighted by Crippen LogP contribution is 2.18. The maximum Gasteiger partial charge on any atom is 0.328 e. The smallest absolute Gasteiger partial charge is 0.328 e. The standard InChI is InChI=1S/C17H15Cl2NO3/c1-23-17(22)15(10-11-6-2-4-8-13(11)18)20-16(21)12-7-3-5-9-14(12)19/h2-9,15H,10H2,1H3,(H,20,21)/t15-/m1/s1. The van der Waals surface area contributed by atoms with Gasteiger partial charge in [0, 0.05) is 11.4 Å². The van der Waals surface area contributed by atoms with Crippen LogP contribution in [-0.2, 0) is 16.0 Å². The summed E-state index contributed by atoms with van der Waals surface area (Å²) in [6.07, 6.45) is 0.225. The van der Waals surface area contributed by atoms with Gasteiger partial charge in [-0.3, -0.25) is 4.79 Å². The van der Waals surface area contributed by atoms with E-state index in [0.717, 1.165) is 5.56 Å².